The molecule has 1 saturated heterocycles. The lowest BCUT2D eigenvalue weighted by atomic mass is 9.96. The van der Waals surface area contributed by atoms with Gasteiger partial charge in [0.2, 0.25) is 0 Å². The minimum Gasteiger partial charge on any atom is -0.345 e. The molecule has 3 aromatic rings. The first-order chi connectivity index (χ1) is 14.8. The lowest BCUT2D eigenvalue weighted by Gasteiger charge is -2.41. The van der Waals surface area contributed by atoms with Crippen molar-refractivity contribution in [3.8, 4) is 0 Å². The first-order valence-electron chi connectivity index (χ1n) is 11.5. The molecule has 0 spiro atoms. The van der Waals surface area contributed by atoms with Gasteiger partial charge in [-0.2, -0.15) is 0 Å². The normalized spacial score (nSPS) is 17.2. The maximum Gasteiger partial charge on any atom is 0.112 e. The van der Waals surface area contributed by atoms with Gasteiger partial charge in [-0.25, -0.2) is 4.98 Å². The van der Waals surface area contributed by atoms with Crippen LogP contribution >= 0.6 is 0 Å². The summed E-state index contributed by atoms with van der Waals surface area (Å²) in [4.78, 5) is 13.7. The third-order valence-electron chi connectivity index (χ3n) is 6.52. The number of piperazine rings is 1. The molecule has 164 valence electrons. The van der Waals surface area contributed by atoms with E-state index in [0.717, 1.165) is 32.0 Å². The first kappa shape index (κ1) is 21.8. The monoisotopic (exact) mass is 416 g/mol. The Bertz CT molecular complexity index is 924. The minimum atomic E-state index is 0.0417. The smallest absolute Gasteiger partial charge is 0.112 e. The molecule has 0 amide bonds. The lowest BCUT2D eigenvalue weighted by Crippen LogP contribution is -2.48. The maximum absolute atomic E-state index is 4.99. The summed E-state index contributed by atoms with van der Waals surface area (Å²) < 4.78 is 0. The van der Waals surface area contributed by atoms with Gasteiger partial charge >= 0.3 is 0 Å². The Morgan fingerprint density at radius 1 is 0.806 bits per heavy atom. The number of hydrogen-bond acceptors (Lipinski definition) is 3. The topological polar surface area (TPSA) is 35.2 Å². The zero-order chi connectivity index (χ0) is 22.0. The molecule has 0 saturated carbocycles. The summed E-state index contributed by atoms with van der Waals surface area (Å²) in [5.74, 6) is 1.08. The van der Waals surface area contributed by atoms with Crippen LogP contribution in [0.15, 0.2) is 60.7 Å². The standard InChI is InChI=1S/C27H36N4/c1-20-24(29-26(28-20)27(3,4)5)21(2)30-16-18-31(19-17-30)25(22-12-8-6-9-13-22)23-14-10-7-11-15-23/h6-15,21,25H,16-19H2,1-5H3,(H,28,29). The SMILES string of the molecule is Cc1[nH]c(C(C)(C)C)nc1C(C)N1CCN(C(c2ccccc2)c2ccccc2)CC1. The van der Waals surface area contributed by atoms with E-state index in [-0.39, 0.29) is 5.41 Å². The van der Waals surface area contributed by atoms with E-state index in [2.05, 4.69) is 110 Å². The molecule has 4 heteroatoms. The number of imidazole rings is 1. The van der Waals surface area contributed by atoms with Crippen LogP contribution in [-0.4, -0.2) is 45.9 Å². The number of nitrogens with one attached hydrogen (secondary N) is 1. The van der Waals surface area contributed by atoms with Crippen LogP contribution in [0.4, 0.5) is 0 Å². The molecule has 0 radical (unpaired) electrons. The summed E-state index contributed by atoms with van der Waals surface area (Å²) in [6.07, 6.45) is 0. The lowest BCUT2D eigenvalue weighted by molar-refractivity contribution is 0.0825. The summed E-state index contributed by atoms with van der Waals surface area (Å²) >= 11 is 0. The zero-order valence-electron chi connectivity index (χ0n) is 19.6. The van der Waals surface area contributed by atoms with Crippen LogP contribution in [0.5, 0.6) is 0 Å². The molecule has 0 aliphatic carbocycles. The van der Waals surface area contributed by atoms with Crippen LogP contribution in [0.2, 0.25) is 0 Å². The van der Waals surface area contributed by atoms with Crippen molar-refractivity contribution in [3.63, 3.8) is 0 Å². The van der Waals surface area contributed by atoms with Gasteiger partial charge in [0.05, 0.1) is 17.8 Å². The highest BCUT2D eigenvalue weighted by molar-refractivity contribution is 5.32. The minimum absolute atomic E-state index is 0.0417. The number of aromatic nitrogens is 2. The third-order valence-corrected chi connectivity index (χ3v) is 6.52. The predicted octanol–water partition coefficient (Wildman–Crippen LogP) is 5.48. The molecule has 2 heterocycles. The summed E-state index contributed by atoms with van der Waals surface area (Å²) in [5.41, 5.74) is 5.17. The molecule has 31 heavy (non-hydrogen) atoms. The van der Waals surface area contributed by atoms with Crippen LogP contribution in [0.25, 0.3) is 0 Å². The predicted molar refractivity (Wildman–Crippen MR) is 128 cm³/mol. The third kappa shape index (κ3) is 4.76. The average Bonchev–Trinajstić information content (AvgIpc) is 3.18. The van der Waals surface area contributed by atoms with Crippen LogP contribution in [0.1, 0.15) is 68.1 Å². The number of aromatic amines is 1. The van der Waals surface area contributed by atoms with Gasteiger partial charge in [-0.1, -0.05) is 81.4 Å². The van der Waals surface area contributed by atoms with E-state index >= 15 is 0 Å². The number of rotatable bonds is 5. The fraction of sp³-hybridized carbons (Fsp3) is 0.444. The van der Waals surface area contributed by atoms with E-state index < -0.39 is 0 Å². The van der Waals surface area contributed by atoms with Crippen molar-refractivity contribution in [1.82, 2.24) is 19.8 Å². The molecule has 4 nitrogen and oxygen atoms in total. The summed E-state index contributed by atoms with van der Waals surface area (Å²) in [6, 6.07) is 22.5. The Balaban J connectivity index is 1.50. The van der Waals surface area contributed by atoms with Crippen molar-refractivity contribution in [2.45, 2.75) is 52.1 Å². The van der Waals surface area contributed by atoms with Gasteiger partial charge in [0.25, 0.3) is 0 Å². The van der Waals surface area contributed by atoms with Gasteiger partial charge in [0.15, 0.2) is 0 Å². The second-order valence-corrected chi connectivity index (χ2v) is 9.82. The molecule has 1 aromatic heterocycles. The molecule has 4 rings (SSSR count). The van der Waals surface area contributed by atoms with Gasteiger partial charge < -0.3 is 4.98 Å². The molecular weight excluding hydrogens is 380 g/mol. The van der Waals surface area contributed by atoms with Crippen LogP contribution in [-0.2, 0) is 5.41 Å². The van der Waals surface area contributed by atoms with Crippen molar-refractivity contribution in [3.05, 3.63) is 89.0 Å². The molecule has 1 atom stereocenters. The van der Waals surface area contributed by atoms with Crippen molar-refractivity contribution in [2.24, 2.45) is 0 Å². The van der Waals surface area contributed by atoms with Crippen molar-refractivity contribution < 1.29 is 0 Å². The highest BCUT2D eigenvalue weighted by Gasteiger charge is 2.30. The summed E-state index contributed by atoms with van der Waals surface area (Å²) in [7, 11) is 0. The zero-order valence-corrected chi connectivity index (χ0v) is 19.6. The highest BCUT2D eigenvalue weighted by Crippen LogP contribution is 2.32. The molecule has 1 N–H and O–H groups in total. The quantitative estimate of drug-likeness (QED) is 0.598. The molecule has 2 aromatic carbocycles. The molecule has 1 unspecified atom stereocenters. The molecular formula is C27H36N4. The van der Waals surface area contributed by atoms with Gasteiger partial charge in [-0.3, -0.25) is 9.80 Å². The number of benzene rings is 2. The van der Waals surface area contributed by atoms with E-state index in [4.69, 9.17) is 4.98 Å². The van der Waals surface area contributed by atoms with E-state index in [1.165, 1.54) is 22.5 Å². The number of H-pyrrole nitrogens is 1. The van der Waals surface area contributed by atoms with E-state index in [1.807, 2.05) is 0 Å². The van der Waals surface area contributed by atoms with Crippen LogP contribution < -0.4 is 0 Å². The fourth-order valence-corrected chi connectivity index (χ4v) is 4.68. The Kier molecular flexibility index (Phi) is 6.31. The van der Waals surface area contributed by atoms with Crippen molar-refractivity contribution >= 4 is 0 Å². The number of nitrogens with zero attached hydrogens (tertiary/aromatic N) is 3. The van der Waals surface area contributed by atoms with Gasteiger partial charge in [0, 0.05) is 37.3 Å². The Morgan fingerprint density at radius 3 is 1.74 bits per heavy atom. The van der Waals surface area contributed by atoms with E-state index in [0.29, 0.717) is 12.1 Å². The second kappa shape index (κ2) is 8.97. The number of aryl methyl sites for hydroxylation is 1. The van der Waals surface area contributed by atoms with Crippen molar-refractivity contribution in [2.75, 3.05) is 26.2 Å². The fourth-order valence-electron chi connectivity index (χ4n) is 4.68. The maximum atomic E-state index is 4.99. The van der Waals surface area contributed by atoms with Crippen LogP contribution in [0.3, 0.4) is 0 Å². The summed E-state index contributed by atoms with van der Waals surface area (Å²) in [6.45, 7) is 15.3. The first-order valence-corrected chi connectivity index (χ1v) is 11.5. The Labute approximate surface area is 187 Å². The van der Waals surface area contributed by atoms with Gasteiger partial charge in [0.1, 0.15) is 5.82 Å². The largest absolute Gasteiger partial charge is 0.345 e. The van der Waals surface area contributed by atoms with Gasteiger partial charge in [-0.05, 0) is 25.0 Å². The average molecular weight is 417 g/mol. The number of hydrogen-bond donors (Lipinski definition) is 1. The van der Waals surface area contributed by atoms with E-state index in [1.54, 1.807) is 0 Å². The molecule has 1 aliphatic heterocycles. The van der Waals surface area contributed by atoms with Crippen LogP contribution in [0, 0.1) is 6.92 Å². The van der Waals surface area contributed by atoms with Gasteiger partial charge in [-0.15, -0.1) is 0 Å². The molecule has 1 aliphatic rings. The van der Waals surface area contributed by atoms with E-state index in [9.17, 15) is 0 Å². The molecule has 0 bridgehead atoms. The Morgan fingerprint density at radius 2 is 1.29 bits per heavy atom. The molecule has 1 fully saturated rings. The highest BCUT2D eigenvalue weighted by atomic mass is 15.3. The van der Waals surface area contributed by atoms with Crippen molar-refractivity contribution in [1.29, 1.82) is 0 Å². The second-order valence-electron chi connectivity index (χ2n) is 9.82. The Hall–Kier alpha value is -2.43. The summed E-state index contributed by atoms with van der Waals surface area (Å²) in [5, 5.41) is 0.